The first-order valence-corrected chi connectivity index (χ1v) is 3.07. The summed E-state index contributed by atoms with van der Waals surface area (Å²) < 4.78 is 39.9. The van der Waals surface area contributed by atoms with Crippen LogP contribution in [-0.4, -0.2) is 0 Å². The summed E-state index contributed by atoms with van der Waals surface area (Å²) in [5.41, 5.74) is 0. The standard InChI is InChI=1S/C7H4F3NO/c8-7(9,10)6-2-1-5(12-6)3-4-11/h1-2H,3H2. The molecule has 2 nitrogen and oxygen atoms in total. The third-order valence-electron chi connectivity index (χ3n) is 1.19. The molecule has 0 aromatic carbocycles. The van der Waals surface area contributed by atoms with Crippen molar-refractivity contribution in [2.75, 3.05) is 0 Å². The van der Waals surface area contributed by atoms with Crippen LogP contribution in [0.5, 0.6) is 0 Å². The number of halogens is 3. The average molecular weight is 175 g/mol. The molecule has 1 heterocycles. The van der Waals surface area contributed by atoms with Crippen LogP contribution in [0.15, 0.2) is 16.5 Å². The Morgan fingerprint density at radius 1 is 1.42 bits per heavy atom. The fraction of sp³-hybridized carbons (Fsp3) is 0.286. The Balaban J connectivity index is 2.86. The number of furan rings is 1. The summed E-state index contributed by atoms with van der Waals surface area (Å²) in [7, 11) is 0. The summed E-state index contributed by atoms with van der Waals surface area (Å²) in [6.45, 7) is 0. The Kier molecular flexibility index (Phi) is 2.09. The van der Waals surface area contributed by atoms with Gasteiger partial charge < -0.3 is 4.42 Å². The van der Waals surface area contributed by atoms with E-state index in [1.54, 1.807) is 6.07 Å². The van der Waals surface area contributed by atoms with Crippen LogP contribution < -0.4 is 0 Å². The van der Waals surface area contributed by atoms with E-state index in [2.05, 4.69) is 4.42 Å². The first-order chi connectivity index (χ1) is 5.54. The lowest BCUT2D eigenvalue weighted by molar-refractivity contribution is -0.153. The summed E-state index contributed by atoms with van der Waals surface area (Å²) in [6, 6.07) is 3.64. The molecule has 0 radical (unpaired) electrons. The second-order valence-corrected chi connectivity index (χ2v) is 2.10. The topological polar surface area (TPSA) is 36.9 Å². The second kappa shape index (κ2) is 2.89. The van der Waals surface area contributed by atoms with Crippen LogP contribution in [0, 0.1) is 11.3 Å². The van der Waals surface area contributed by atoms with Gasteiger partial charge in [0, 0.05) is 0 Å². The van der Waals surface area contributed by atoms with E-state index >= 15 is 0 Å². The van der Waals surface area contributed by atoms with Crippen molar-refractivity contribution in [2.24, 2.45) is 0 Å². The summed E-state index contributed by atoms with van der Waals surface area (Å²) in [4.78, 5) is 0. The van der Waals surface area contributed by atoms with Crippen molar-refractivity contribution >= 4 is 0 Å². The highest BCUT2D eigenvalue weighted by atomic mass is 19.4. The number of hydrogen-bond acceptors (Lipinski definition) is 2. The van der Waals surface area contributed by atoms with E-state index in [-0.39, 0.29) is 12.2 Å². The predicted octanol–water partition coefficient (Wildman–Crippen LogP) is 2.36. The summed E-state index contributed by atoms with van der Waals surface area (Å²) in [5.74, 6) is -1.03. The van der Waals surface area contributed by atoms with E-state index in [1.807, 2.05) is 0 Å². The zero-order valence-electron chi connectivity index (χ0n) is 5.85. The van der Waals surface area contributed by atoms with Gasteiger partial charge in [0.2, 0.25) is 5.76 Å². The molecule has 0 fully saturated rings. The zero-order chi connectivity index (χ0) is 9.19. The van der Waals surface area contributed by atoms with Gasteiger partial charge in [-0.3, -0.25) is 0 Å². The van der Waals surface area contributed by atoms with E-state index in [4.69, 9.17) is 5.26 Å². The Morgan fingerprint density at radius 2 is 2.08 bits per heavy atom. The molecule has 0 spiro atoms. The molecule has 1 aromatic heterocycles. The van der Waals surface area contributed by atoms with Gasteiger partial charge in [0.1, 0.15) is 5.76 Å². The van der Waals surface area contributed by atoms with Gasteiger partial charge in [-0.2, -0.15) is 18.4 Å². The molecule has 1 aromatic rings. The van der Waals surface area contributed by atoms with Crippen LogP contribution in [0.3, 0.4) is 0 Å². The molecule has 0 saturated heterocycles. The SMILES string of the molecule is N#CCc1ccc(C(F)(F)F)o1. The van der Waals surface area contributed by atoms with E-state index in [9.17, 15) is 13.2 Å². The van der Waals surface area contributed by atoms with Crippen LogP contribution in [0.4, 0.5) is 13.2 Å². The largest absolute Gasteiger partial charge is 0.455 e. The van der Waals surface area contributed by atoms with Gasteiger partial charge in [-0.1, -0.05) is 0 Å². The molecular weight excluding hydrogens is 171 g/mol. The van der Waals surface area contributed by atoms with E-state index in [0.29, 0.717) is 0 Å². The minimum Gasteiger partial charge on any atom is -0.455 e. The molecule has 0 bridgehead atoms. The van der Waals surface area contributed by atoms with Crippen molar-refractivity contribution in [3.63, 3.8) is 0 Å². The Bertz CT molecular complexity index is 307. The van der Waals surface area contributed by atoms with Crippen molar-refractivity contribution in [1.82, 2.24) is 0 Å². The molecule has 1 rings (SSSR count). The molecule has 64 valence electrons. The molecule has 0 saturated carbocycles. The van der Waals surface area contributed by atoms with Crippen LogP contribution in [0.1, 0.15) is 11.5 Å². The van der Waals surface area contributed by atoms with Gasteiger partial charge in [0.05, 0.1) is 12.5 Å². The van der Waals surface area contributed by atoms with Crippen LogP contribution >= 0.6 is 0 Å². The maximum atomic E-state index is 11.9. The Morgan fingerprint density at radius 3 is 2.50 bits per heavy atom. The van der Waals surface area contributed by atoms with Gasteiger partial charge in [-0.15, -0.1) is 0 Å². The average Bonchev–Trinajstić information content (AvgIpc) is 2.35. The third-order valence-corrected chi connectivity index (χ3v) is 1.19. The van der Waals surface area contributed by atoms with Crippen molar-refractivity contribution in [3.05, 3.63) is 23.7 Å². The molecule has 12 heavy (non-hydrogen) atoms. The van der Waals surface area contributed by atoms with Gasteiger partial charge in [-0.05, 0) is 12.1 Å². The summed E-state index contributed by atoms with van der Waals surface area (Å²) in [5, 5.41) is 8.14. The van der Waals surface area contributed by atoms with Gasteiger partial charge in [0.25, 0.3) is 0 Å². The molecule has 0 atom stereocenters. The van der Waals surface area contributed by atoms with Crippen LogP contribution in [-0.2, 0) is 12.6 Å². The molecule has 0 aliphatic carbocycles. The normalized spacial score (nSPS) is 11.2. The minimum atomic E-state index is -4.46. The van der Waals surface area contributed by atoms with Gasteiger partial charge >= 0.3 is 6.18 Å². The summed E-state index contributed by atoms with van der Waals surface area (Å²) >= 11 is 0. The van der Waals surface area contributed by atoms with Crippen molar-refractivity contribution in [1.29, 1.82) is 5.26 Å². The van der Waals surface area contributed by atoms with Crippen molar-refractivity contribution in [3.8, 4) is 6.07 Å². The van der Waals surface area contributed by atoms with Crippen LogP contribution in [0.25, 0.3) is 0 Å². The molecule has 0 N–H and O–H groups in total. The minimum absolute atomic E-state index is 0.0322. The maximum absolute atomic E-state index is 11.9. The molecule has 0 amide bonds. The maximum Gasteiger partial charge on any atom is 0.449 e. The number of hydrogen-bond donors (Lipinski definition) is 0. The smallest absolute Gasteiger partial charge is 0.449 e. The Hall–Kier alpha value is -1.44. The van der Waals surface area contributed by atoms with E-state index in [1.165, 1.54) is 0 Å². The molecule has 0 aliphatic rings. The molecule has 0 unspecified atom stereocenters. The third kappa shape index (κ3) is 1.78. The highest BCUT2D eigenvalue weighted by Gasteiger charge is 2.34. The fourth-order valence-corrected chi connectivity index (χ4v) is 0.703. The highest BCUT2D eigenvalue weighted by molar-refractivity contribution is 5.12. The zero-order valence-corrected chi connectivity index (χ0v) is 5.85. The monoisotopic (exact) mass is 175 g/mol. The van der Waals surface area contributed by atoms with E-state index < -0.39 is 11.9 Å². The molecular formula is C7H4F3NO. The number of rotatable bonds is 1. The first kappa shape index (κ1) is 8.65. The lowest BCUT2D eigenvalue weighted by Gasteiger charge is -1.99. The fourth-order valence-electron chi connectivity index (χ4n) is 0.703. The number of alkyl halides is 3. The van der Waals surface area contributed by atoms with Crippen LogP contribution in [0.2, 0.25) is 0 Å². The number of nitriles is 1. The van der Waals surface area contributed by atoms with E-state index in [0.717, 1.165) is 12.1 Å². The quantitative estimate of drug-likeness (QED) is 0.656. The van der Waals surface area contributed by atoms with Crippen molar-refractivity contribution in [2.45, 2.75) is 12.6 Å². The first-order valence-electron chi connectivity index (χ1n) is 3.07. The summed E-state index contributed by atoms with van der Waals surface area (Å²) in [6.07, 6.45) is -4.61. The number of nitrogens with zero attached hydrogens (tertiary/aromatic N) is 1. The second-order valence-electron chi connectivity index (χ2n) is 2.10. The van der Waals surface area contributed by atoms with Gasteiger partial charge in [-0.25, -0.2) is 0 Å². The predicted molar refractivity (Wildman–Crippen MR) is 33.0 cm³/mol. The van der Waals surface area contributed by atoms with Crippen molar-refractivity contribution < 1.29 is 17.6 Å². The lowest BCUT2D eigenvalue weighted by Crippen LogP contribution is -2.02. The lowest BCUT2D eigenvalue weighted by atomic mass is 10.3. The molecule has 5 heteroatoms. The van der Waals surface area contributed by atoms with Gasteiger partial charge in [0.15, 0.2) is 0 Å². The Labute approximate surface area is 66.2 Å². The highest BCUT2D eigenvalue weighted by Crippen LogP contribution is 2.30. The molecule has 0 aliphatic heterocycles.